The number of hydrogen-bond donors (Lipinski definition) is 1. The number of ether oxygens (including phenoxy) is 2. The minimum absolute atomic E-state index is 0.322. The molecule has 0 aromatic rings. The Morgan fingerprint density at radius 1 is 1.31 bits per heavy atom. The fraction of sp³-hybridized carbons (Fsp3) is 0.917. The Morgan fingerprint density at radius 3 is 2.19 bits per heavy atom. The van der Waals surface area contributed by atoms with Gasteiger partial charge in [-0.3, -0.25) is 4.79 Å². The molecule has 0 saturated carbocycles. The summed E-state index contributed by atoms with van der Waals surface area (Å²) in [7, 11) is 1.59. The first kappa shape index (κ1) is 15.4. The van der Waals surface area contributed by atoms with Crippen LogP contribution in [0.25, 0.3) is 0 Å². The number of aliphatic hydroxyl groups is 1. The number of carbonyl (C=O) groups excluding carboxylic acids is 1. The van der Waals surface area contributed by atoms with E-state index in [0.717, 1.165) is 0 Å². The third kappa shape index (κ3) is 4.10. The molecule has 0 aromatic carbocycles. The van der Waals surface area contributed by atoms with E-state index in [0.29, 0.717) is 13.0 Å². The first-order valence-electron chi connectivity index (χ1n) is 5.58. The smallest absolute Gasteiger partial charge is 0.314 e. The number of methoxy groups -OCH3 is 1. The molecule has 0 aliphatic rings. The fourth-order valence-electron chi connectivity index (χ4n) is 1.26. The Morgan fingerprint density at radius 2 is 1.81 bits per heavy atom. The quantitative estimate of drug-likeness (QED) is 0.709. The van der Waals surface area contributed by atoms with Crippen molar-refractivity contribution in [3.63, 3.8) is 0 Å². The zero-order chi connectivity index (χ0) is 13.0. The van der Waals surface area contributed by atoms with Crippen molar-refractivity contribution in [3.05, 3.63) is 0 Å². The molecule has 0 rings (SSSR count). The van der Waals surface area contributed by atoms with Crippen molar-refractivity contribution >= 4 is 5.97 Å². The Bertz CT molecular complexity index is 233. The second kappa shape index (κ2) is 5.64. The van der Waals surface area contributed by atoms with Crippen molar-refractivity contribution in [2.45, 2.75) is 52.7 Å². The molecule has 0 heterocycles. The number of carbonyl (C=O) groups is 1. The highest BCUT2D eigenvalue weighted by molar-refractivity contribution is 5.76. The van der Waals surface area contributed by atoms with Gasteiger partial charge >= 0.3 is 5.97 Å². The van der Waals surface area contributed by atoms with Crippen LogP contribution in [0.5, 0.6) is 0 Å². The van der Waals surface area contributed by atoms with Gasteiger partial charge in [-0.2, -0.15) is 0 Å². The van der Waals surface area contributed by atoms with Crippen LogP contribution in [0.4, 0.5) is 0 Å². The van der Waals surface area contributed by atoms with Crippen LogP contribution >= 0.6 is 0 Å². The van der Waals surface area contributed by atoms with Crippen LogP contribution in [0.15, 0.2) is 0 Å². The van der Waals surface area contributed by atoms with Gasteiger partial charge in [0.05, 0.1) is 23.7 Å². The first-order valence-corrected chi connectivity index (χ1v) is 5.58. The third-order valence-corrected chi connectivity index (χ3v) is 2.87. The van der Waals surface area contributed by atoms with Crippen LogP contribution in [0, 0.1) is 5.41 Å². The molecule has 1 N–H and O–H groups in total. The van der Waals surface area contributed by atoms with Gasteiger partial charge in [0, 0.05) is 13.5 Å². The van der Waals surface area contributed by atoms with Crippen molar-refractivity contribution in [3.8, 4) is 0 Å². The standard InChI is InChI=1S/C12H24O4/c1-7-16-10(14)12(4,5)9(13)8-11(2,3)15-6/h9,13H,7-8H2,1-6H3. The van der Waals surface area contributed by atoms with Crippen LogP contribution in [0.3, 0.4) is 0 Å². The Labute approximate surface area is 97.9 Å². The van der Waals surface area contributed by atoms with E-state index in [-0.39, 0.29) is 5.97 Å². The van der Waals surface area contributed by atoms with Gasteiger partial charge in [-0.15, -0.1) is 0 Å². The summed E-state index contributed by atoms with van der Waals surface area (Å²) in [6.07, 6.45) is -0.406. The molecule has 0 aliphatic heterocycles. The topological polar surface area (TPSA) is 55.8 Å². The molecule has 96 valence electrons. The molecule has 0 saturated heterocycles. The number of rotatable bonds is 6. The molecular formula is C12H24O4. The fourth-order valence-corrected chi connectivity index (χ4v) is 1.26. The number of esters is 1. The van der Waals surface area contributed by atoms with Crippen LogP contribution in [0.1, 0.15) is 41.0 Å². The lowest BCUT2D eigenvalue weighted by molar-refractivity contribution is -0.162. The maximum absolute atomic E-state index is 11.7. The molecule has 1 atom stereocenters. The van der Waals surface area contributed by atoms with Gasteiger partial charge < -0.3 is 14.6 Å². The molecule has 4 heteroatoms. The van der Waals surface area contributed by atoms with Crippen molar-refractivity contribution in [2.75, 3.05) is 13.7 Å². The summed E-state index contributed by atoms with van der Waals surface area (Å²) in [5, 5.41) is 10.1. The van der Waals surface area contributed by atoms with E-state index in [2.05, 4.69) is 0 Å². The van der Waals surface area contributed by atoms with Gasteiger partial charge in [-0.1, -0.05) is 0 Å². The van der Waals surface area contributed by atoms with E-state index in [4.69, 9.17) is 9.47 Å². The molecule has 0 radical (unpaired) electrons. The molecule has 0 aliphatic carbocycles. The first-order chi connectivity index (χ1) is 7.17. The minimum atomic E-state index is -0.911. The summed E-state index contributed by atoms with van der Waals surface area (Å²) in [6.45, 7) is 9.18. The van der Waals surface area contributed by atoms with Gasteiger partial charge in [0.2, 0.25) is 0 Å². The lowest BCUT2D eigenvalue weighted by Gasteiger charge is -2.33. The summed E-state index contributed by atoms with van der Waals surface area (Å²) in [5.41, 5.74) is -1.37. The molecule has 0 fully saturated rings. The molecule has 1 unspecified atom stereocenters. The predicted molar refractivity (Wildman–Crippen MR) is 62.1 cm³/mol. The Hall–Kier alpha value is -0.610. The second-order valence-electron chi connectivity index (χ2n) is 5.13. The van der Waals surface area contributed by atoms with Gasteiger partial charge in [0.15, 0.2) is 0 Å². The van der Waals surface area contributed by atoms with Gasteiger partial charge in [0.1, 0.15) is 0 Å². The molecule has 16 heavy (non-hydrogen) atoms. The van der Waals surface area contributed by atoms with Crippen molar-refractivity contribution in [1.82, 2.24) is 0 Å². The average Bonchev–Trinajstić information content (AvgIpc) is 2.17. The van der Waals surface area contributed by atoms with E-state index in [1.165, 1.54) is 0 Å². The summed E-state index contributed by atoms with van der Waals surface area (Å²) in [5.74, 6) is -0.380. The highest BCUT2D eigenvalue weighted by atomic mass is 16.5. The van der Waals surface area contributed by atoms with E-state index < -0.39 is 17.1 Å². The molecule has 0 amide bonds. The predicted octanol–water partition coefficient (Wildman–Crippen LogP) is 1.75. The van der Waals surface area contributed by atoms with E-state index in [1.54, 1.807) is 27.9 Å². The molecule has 0 bridgehead atoms. The monoisotopic (exact) mass is 232 g/mol. The van der Waals surface area contributed by atoms with Crippen LogP contribution in [-0.2, 0) is 14.3 Å². The van der Waals surface area contributed by atoms with Crippen molar-refractivity contribution in [1.29, 1.82) is 0 Å². The Kier molecular flexibility index (Phi) is 5.42. The highest BCUT2D eigenvalue weighted by Crippen LogP contribution is 2.29. The zero-order valence-electron chi connectivity index (χ0n) is 11.2. The summed E-state index contributed by atoms with van der Waals surface area (Å²) >= 11 is 0. The molecule has 4 nitrogen and oxygen atoms in total. The largest absolute Gasteiger partial charge is 0.466 e. The minimum Gasteiger partial charge on any atom is -0.466 e. The summed E-state index contributed by atoms with van der Waals surface area (Å²) in [6, 6.07) is 0. The maximum Gasteiger partial charge on any atom is 0.314 e. The Balaban J connectivity index is 4.57. The number of aliphatic hydroxyl groups excluding tert-OH is 1. The number of hydrogen-bond acceptors (Lipinski definition) is 4. The molecule has 0 aromatic heterocycles. The summed E-state index contributed by atoms with van der Waals surface area (Å²) < 4.78 is 10.2. The van der Waals surface area contributed by atoms with E-state index in [1.807, 2.05) is 13.8 Å². The second-order valence-corrected chi connectivity index (χ2v) is 5.13. The lowest BCUT2D eigenvalue weighted by atomic mass is 9.81. The average molecular weight is 232 g/mol. The van der Waals surface area contributed by atoms with Crippen molar-refractivity contribution in [2.24, 2.45) is 5.41 Å². The third-order valence-electron chi connectivity index (χ3n) is 2.87. The van der Waals surface area contributed by atoms with Crippen LogP contribution in [0.2, 0.25) is 0 Å². The maximum atomic E-state index is 11.7. The van der Waals surface area contributed by atoms with Crippen LogP contribution in [-0.4, -0.2) is 36.5 Å². The van der Waals surface area contributed by atoms with Gasteiger partial charge in [-0.25, -0.2) is 0 Å². The molecular weight excluding hydrogens is 208 g/mol. The lowest BCUT2D eigenvalue weighted by Crippen LogP contribution is -2.43. The zero-order valence-corrected chi connectivity index (χ0v) is 11.2. The van der Waals surface area contributed by atoms with Crippen molar-refractivity contribution < 1.29 is 19.4 Å². The summed E-state index contributed by atoms with van der Waals surface area (Å²) in [4.78, 5) is 11.7. The van der Waals surface area contributed by atoms with Crippen LogP contribution < -0.4 is 0 Å². The van der Waals surface area contributed by atoms with Gasteiger partial charge in [-0.05, 0) is 34.6 Å². The highest BCUT2D eigenvalue weighted by Gasteiger charge is 2.40. The van der Waals surface area contributed by atoms with E-state index in [9.17, 15) is 9.90 Å². The SMILES string of the molecule is CCOC(=O)C(C)(C)C(O)CC(C)(C)OC. The molecule has 0 spiro atoms. The van der Waals surface area contributed by atoms with Gasteiger partial charge in [0.25, 0.3) is 0 Å². The normalized spacial score (nSPS) is 14.7. The van der Waals surface area contributed by atoms with E-state index >= 15 is 0 Å².